The lowest BCUT2D eigenvalue weighted by atomic mass is 10.0. The Kier molecular flexibility index (Phi) is 4.77. The summed E-state index contributed by atoms with van der Waals surface area (Å²) in [5.74, 6) is 1.58. The Hall–Kier alpha value is -1.13. The van der Waals surface area contributed by atoms with Gasteiger partial charge < -0.3 is 9.73 Å². The second kappa shape index (κ2) is 6.35. The fourth-order valence-corrected chi connectivity index (χ4v) is 2.49. The maximum absolute atomic E-state index is 13.2. The van der Waals surface area contributed by atoms with Crippen LogP contribution < -0.4 is 5.32 Å². The SMILES string of the molecule is CCNC(Cc1ccc(F)c(Br)c1)c1ccc(C)o1. The Balaban J connectivity index is 2.18. The van der Waals surface area contributed by atoms with E-state index in [1.165, 1.54) is 6.07 Å². The molecule has 0 saturated heterocycles. The van der Waals surface area contributed by atoms with Gasteiger partial charge in [0.15, 0.2) is 0 Å². The van der Waals surface area contributed by atoms with E-state index >= 15 is 0 Å². The molecule has 0 aliphatic carbocycles. The van der Waals surface area contributed by atoms with Crippen molar-refractivity contribution in [2.24, 2.45) is 0 Å². The maximum Gasteiger partial charge on any atom is 0.137 e. The van der Waals surface area contributed by atoms with E-state index in [9.17, 15) is 4.39 Å². The van der Waals surface area contributed by atoms with Gasteiger partial charge in [0, 0.05) is 0 Å². The zero-order valence-corrected chi connectivity index (χ0v) is 12.6. The molecule has 2 nitrogen and oxygen atoms in total. The third kappa shape index (κ3) is 3.67. The fourth-order valence-electron chi connectivity index (χ4n) is 2.06. The second-order valence-corrected chi connectivity index (χ2v) is 5.37. The van der Waals surface area contributed by atoms with Gasteiger partial charge in [-0.2, -0.15) is 0 Å². The van der Waals surface area contributed by atoms with E-state index in [4.69, 9.17) is 4.42 Å². The standard InChI is InChI=1S/C15H17BrFNO/c1-3-18-14(15-7-4-10(2)19-15)9-11-5-6-13(17)12(16)8-11/h4-8,14,18H,3,9H2,1-2H3. The molecule has 2 rings (SSSR count). The van der Waals surface area contributed by atoms with Gasteiger partial charge in [-0.05, 0) is 65.6 Å². The number of aryl methyl sites for hydroxylation is 1. The molecule has 2 aromatic rings. The number of halogens is 2. The van der Waals surface area contributed by atoms with Gasteiger partial charge in [0.05, 0.1) is 10.5 Å². The van der Waals surface area contributed by atoms with Crippen LogP contribution in [0.2, 0.25) is 0 Å². The monoisotopic (exact) mass is 325 g/mol. The molecule has 1 N–H and O–H groups in total. The van der Waals surface area contributed by atoms with Crippen LogP contribution in [0.25, 0.3) is 0 Å². The highest BCUT2D eigenvalue weighted by Crippen LogP contribution is 2.23. The van der Waals surface area contributed by atoms with E-state index in [-0.39, 0.29) is 11.9 Å². The van der Waals surface area contributed by atoms with Gasteiger partial charge in [0.1, 0.15) is 17.3 Å². The quantitative estimate of drug-likeness (QED) is 0.882. The molecule has 0 radical (unpaired) electrons. The number of likely N-dealkylation sites (N-methyl/N-ethyl adjacent to an activating group) is 1. The summed E-state index contributed by atoms with van der Waals surface area (Å²) in [5, 5.41) is 3.39. The Morgan fingerprint density at radius 1 is 1.32 bits per heavy atom. The van der Waals surface area contributed by atoms with Gasteiger partial charge in [-0.3, -0.25) is 0 Å². The van der Waals surface area contributed by atoms with Crippen LogP contribution in [0.5, 0.6) is 0 Å². The lowest BCUT2D eigenvalue weighted by Gasteiger charge is -2.16. The summed E-state index contributed by atoms with van der Waals surface area (Å²) in [5.41, 5.74) is 1.06. The number of benzene rings is 1. The Labute approximate surface area is 121 Å². The van der Waals surface area contributed by atoms with E-state index in [0.717, 1.165) is 30.0 Å². The molecule has 102 valence electrons. The highest BCUT2D eigenvalue weighted by atomic mass is 79.9. The smallest absolute Gasteiger partial charge is 0.137 e. The number of nitrogens with one attached hydrogen (secondary N) is 1. The second-order valence-electron chi connectivity index (χ2n) is 4.51. The van der Waals surface area contributed by atoms with Crippen molar-refractivity contribution in [3.8, 4) is 0 Å². The Morgan fingerprint density at radius 3 is 2.68 bits per heavy atom. The number of furan rings is 1. The molecule has 1 heterocycles. The van der Waals surface area contributed by atoms with Crippen LogP contribution >= 0.6 is 15.9 Å². The van der Waals surface area contributed by atoms with Crippen LogP contribution in [0.15, 0.2) is 39.2 Å². The van der Waals surface area contributed by atoms with Gasteiger partial charge in [-0.15, -0.1) is 0 Å². The lowest BCUT2D eigenvalue weighted by Crippen LogP contribution is -2.22. The molecule has 19 heavy (non-hydrogen) atoms. The molecule has 1 atom stereocenters. The third-order valence-electron chi connectivity index (χ3n) is 2.98. The lowest BCUT2D eigenvalue weighted by molar-refractivity contribution is 0.403. The molecular weight excluding hydrogens is 309 g/mol. The summed E-state index contributed by atoms with van der Waals surface area (Å²) in [6.07, 6.45) is 0.764. The van der Waals surface area contributed by atoms with Crippen LogP contribution in [0.1, 0.15) is 30.0 Å². The van der Waals surface area contributed by atoms with E-state index < -0.39 is 0 Å². The summed E-state index contributed by atoms with van der Waals surface area (Å²) < 4.78 is 19.4. The van der Waals surface area contributed by atoms with E-state index in [0.29, 0.717) is 4.47 Å². The van der Waals surface area contributed by atoms with Crippen molar-refractivity contribution in [3.05, 3.63) is 57.7 Å². The minimum absolute atomic E-state index is 0.107. The Morgan fingerprint density at radius 2 is 2.11 bits per heavy atom. The highest BCUT2D eigenvalue weighted by molar-refractivity contribution is 9.10. The average Bonchev–Trinajstić information content (AvgIpc) is 2.80. The number of hydrogen-bond acceptors (Lipinski definition) is 2. The van der Waals surface area contributed by atoms with Crippen molar-refractivity contribution >= 4 is 15.9 Å². The van der Waals surface area contributed by atoms with Crippen LogP contribution in [0.3, 0.4) is 0 Å². The summed E-state index contributed by atoms with van der Waals surface area (Å²) in [4.78, 5) is 0. The Bertz CT molecular complexity index is 553. The van der Waals surface area contributed by atoms with Gasteiger partial charge >= 0.3 is 0 Å². The minimum Gasteiger partial charge on any atom is -0.465 e. The first-order chi connectivity index (χ1) is 9.10. The minimum atomic E-state index is -0.238. The first kappa shape index (κ1) is 14.3. The van der Waals surface area contributed by atoms with Crippen molar-refractivity contribution in [1.29, 1.82) is 0 Å². The van der Waals surface area contributed by atoms with Gasteiger partial charge in [0.2, 0.25) is 0 Å². The molecule has 0 bridgehead atoms. The average molecular weight is 326 g/mol. The van der Waals surface area contributed by atoms with Crippen LogP contribution in [-0.4, -0.2) is 6.54 Å². The molecule has 1 aromatic heterocycles. The third-order valence-corrected chi connectivity index (χ3v) is 3.59. The van der Waals surface area contributed by atoms with Crippen LogP contribution in [-0.2, 0) is 6.42 Å². The first-order valence-corrected chi connectivity index (χ1v) is 7.13. The highest BCUT2D eigenvalue weighted by Gasteiger charge is 2.15. The van der Waals surface area contributed by atoms with Crippen molar-refractivity contribution in [3.63, 3.8) is 0 Å². The van der Waals surface area contributed by atoms with Crippen molar-refractivity contribution in [1.82, 2.24) is 5.32 Å². The van der Waals surface area contributed by atoms with Crippen molar-refractivity contribution in [2.45, 2.75) is 26.3 Å². The number of rotatable bonds is 5. The number of hydrogen-bond donors (Lipinski definition) is 1. The molecule has 1 aromatic carbocycles. The molecular formula is C15H17BrFNO. The van der Waals surface area contributed by atoms with E-state index in [1.807, 2.05) is 25.1 Å². The molecule has 0 fully saturated rings. The topological polar surface area (TPSA) is 25.2 Å². The van der Waals surface area contributed by atoms with Crippen LogP contribution in [0.4, 0.5) is 4.39 Å². The summed E-state index contributed by atoms with van der Waals surface area (Å²) >= 11 is 3.22. The fraction of sp³-hybridized carbons (Fsp3) is 0.333. The molecule has 0 aliphatic rings. The van der Waals surface area contributed by atoms with Gasteiger partial charge in [-0.1, -0.05) is 13.0 Å². The largest absolute Gasteiger partial charge is 0.465 e. The normalized spacial score (nSPS) is 12.6. The maximum atomic E-state index is 13.2. The molecule has 1 unspecified atom stereocenters. The van der Waals surface area contributed by atoms with Crippen molar-refractivity contribution < 1.29 is 8.81 Å². The molecule has 4 heteroatoms. The predicted octanol–water partition coefficient (Wildman–Crippen LogP) is 4.38. The van der Waals surface area contributed by atoms with E-state index in [1.54, 1.807) is 6.07 Å². The zero-order chi connectivity index (χ0) is 13.8. The van der Waals surface area contributed by atoms with Gasteiger partial charge in [0.25, 0.3) is 0 Å². The first-order valence-electron chi connectivity index (χ1n) is 6.33. The van der Waals surface area contributed by atoms with E-state index in [2.05, 4.69) is 28.2 Å². The van der Waals surface area contributed by atoms with Gasteiger partial charge in [-0.25, -0.2) is 4.39 Å². The van der Waals surface area contributed by atoms with Crippen LogP contribution in [0, 0.1) is 12.7 Å². The molecule has 0 aliphatic heterocycles. The zero-order valence-electron chi connectivity index (χ0n) is 11.0. The van der Waals surface area contributed by atoms with Crippen molar-refractivity contribution in [2.75, 3.05) is 6.54 Å². The summed E-state index contributed by atoms with van der Waals surface area (Å²) in [7, 11) is 0. The summed E-state index contributed by atoms with van der Waals surface area (Å²) in [6.45, 7) is 4.84. The summed E-state index contributed by atoms with van der Waals surface area (Å²) in [6, 6.07) is 9.16. The molecule has 0 amide bonds. The predicted molar refractivity (Wildman–Crippen MR) is 77.7 cm³/mol. The molecule has 0 spiro atoms. The molecule has 0 saturated carbocycles.